The standard InChI is InChI=1S/C15H25FN2O/c1-5-19-14-7-6-12(10-13(14)16)8-9-18(4)15(2,3)11-17/h6-7,10H,5,8-9,11,17H2,1-4H3. The summed E-state index contributed by atoms with van der Waals surface area (Å²) in [6.45, 7) is 7.97. The molecule has 0 fully saturated rings. The van der Waals surface area contributed by atoms with Gasteiger partial charge < -0.3 is 10.5 Å². The zero-order chi connectivity index (χ0) is 14.5. The number of benzene rings is 1. The molecule has 0 aliphatic carbocycles. The second-order valence-electron chi connectivity index (χ2n) is 5.39. The van der Waals surface area contributed by atoms with Gasteiger partial charge >= 0.3 is 0 Å². The van der Waals surface area contributed by atoms with E-state index < -0.39 is 0 Å². The summed E-state index contributed by atoms with van der Waals surface area (Å²) in [6, 6.07) is 5.16. The topological polar surface area (TPSA) is 38.5 Å². The molecule has 0 amide bonds. The van der Waals surface area contributed by atoms with Crippen LogP contribution in [0.25, 0.3) is 0 Å². The Hall–Kier alpha value is -1.13. The van der Waals surface area contributed by atoms with Crippen molar-refractivity contribution in [3.63, 3.8) is 0 Å². The van der Waals surface area contributed by atoms with E-state index in [2.05, 4.69) is 18.7 Å². The lowest BCUT2D eigenvalue weighted by atomic mass is 10.0. The summed E-state index contributed by atoms with van der Waals surface area (Å²) < 4.78 is 18.9. The molecule has 1 rings (SSSR count). The molecular formula is C15H25FN2O. The number of likely N-dealkylation sites (N-methyl/N-ethyl adjacent to an activating group) is 1. The van der Waals surface area contributed by atoms with Crippen LogP contribution < -0.4 is 10.5 Å². The van der Waals surface area contributed by atoms with E-state index in [9.17, 15) is 4.39 Å². The molecule has 0 bridgehead atoms. The van der Waals surface area contributed by atoms with E-state index in [1.807, 2.05) is 20.0 Å². The highest BCUT2D eigenvalue weighted by Crippen LogP contribution is 2.19. The Labute approximate surface area is 115 Å². The highest BCUT2D eigenvalue weighted by Gasteiger charge is 2.20. The molecule has 1 aromatic rings. The van der Waals surface area contributed by atoms with E-state index in [1.165, 1.54) is 0 Å². The van der Waals surface area contributed by atoms with Crippen LogP contribution in [0.15, 0.2) is 18.2 Å². The molecule has 4 heteroatoms. The van der Waals surface area contributed by atoms with E-state index in [0.717, 1.165) is 18.5 Å². The first kappa shape index (κ1) is 15.9. The third kappa shape index (κ3) is 4.48. The van der Waals surface area contributed by atoms with Crippen molar-refractivity contribution >= 4 is 0 Å². The van der Waals surface area contributed by atoms with Crippen molar-refractivity contribution in [3.05, 3.63) is 29.6 Å². The van der Waals surface area contributed by atoms with Crippen molar-refractivity contribution < 1.29 is 9.13 Å². The van der Waals surface area contributed by atoms with Crippen LogP contribution in [0.4, 0.5) is 4.39 Å². The molecule has 19 heavy (non-hydrogen) atoms. The first-order valence-corrected chi connectivity index (χ1v) is 6.73. The summed E-state index contributed by atoms with van der Waals surface area (Å²) in [5.74, 6) is 0.0296. The van der Waals surface area contributed by atoms with Crippen LogP contribution in [0.1, 0.15) is 26.3 Å². The average Bonchev–Trinajstić information content (AvgIpc) is 2.39. The van der Waals surface area contributed by atoms with Crippen molar-refractivity contribution in [2.75, 3.05) is 26.7 Å². The number of ether oxygens (including phenoxy) is 1. The van der Waals surface area contributed by atoms with E-state index in [4.69, 9.17) is 10.5 Å². The minimum atomic E-state index is -0.292. The van der Waals surface area contributed by atoms with Crippen molar-refractivity contribution in [1.82, 2.24) is 4.90 Å². The fraction of sp³-hybridized carbons (Fsp3) is 0.600. The molecule has 0 heterocycles. The molecule has 0 atom stereocenters. The lowest BCUT2D eigenvalue weighted by Gasteiger charge is -2.34. The molecule has 0 saturated carbocycles. The van der Waals surface area contributed by atoms with Gasteiger partial charge in [-0.05, 0) is 51.9 Å². The molecule has 0 unspecified atom stereocenters. The Kier molecular flexibility index (Phi) is 5.76. The van der Waals surface area contributed by atoms with Gasteiger partial charge in [0.25, 0.3) is 0 Å². The Morgan fingerprint density at radius 3 is 2.58 bits per heavy atom. The quantitative estimate of drug-likeness (QED) is 0.825. The van der Waals surface area contributed by atoms with Crippen LogP contribution in [-0.2, 0) is 6.42 Å². The minimum absolute atomic E-state index is 0.0379. The molecule has 108 valence electrons. The SMILES string of the molecule is CCOc1ccc(CCN(C)C(C)(C)CN)cc1F. The smallest absolute Gasteiger partial charge is 0.165 e. The predicted octanol–water partition coefficient (Wildman–Crippen LogP) is 2.44. The van der Waals surface area contributed by atoms with Gasteiger partial charge in [0.2, 0.25) is 0 Å². The van der Waals surface area contributed by atoms with Crippen LogP contribution in [0.2, 0.25) is 0 Å². The van der Waals surface area contributed by atoms with Crippen LogP contribution in [0, 0.1) is 5.82 Å². The highest BCUT2D eigenvalue weighted by molar-refractivity contribution is 5.29. The normalized spacial score (nSPS) is 11.9. The minimum Gasteiger partial charge on any atom is -0.491 e. The monoisotopic (exact) mass is 268 g/mol. The number of rotatable bonds is 7. The van der Waals surface area contributed by atoms with Crippen LogP contribution in [0.5, 0.6) is 5.75 Å². The van der Waals surface area contributed by atoms with Gasteiger partial charge in [-0.25, -0.2) is 4.39 Å². The molecular weight excluding hydrogens is 243 g/mol. The van der Waals surface area contributed by atoms with E-state index in [0.29, 0.717) is 18.9 Å². The predicted molar refractivity (Wildman–Crippen MR) is 77.0 cm³/mol. The highest BCUT2D eigenvalue weighted by atomic mass is 19.1. The van der Waals surface area contributed by atoms with Crippen LogP contribution >= 0.6 is 0 Å². The number of nitrogens with two attached hydrogens (primary N) is 1. The Balaban J connectivity index is 2.61. The largest absolute Gasteiger partial charge is 0.491 e. The van der Waals surface area contributed by atoms with E-state index in [1.54, 1.807) is 12.1 Å². The Bertz CT molecular complexity index is 407. The fourth-order valence-electron chi connectivity index (χ4n) is 1.73. The molecule has 0 aliphatic heterocycles. The molecule has 0 aliphatic rings. The number of hydrogen-bond acceptors (Lipinski definition) is 3. The van der Waals surface area contributed by atoms with Crippen molar-refractivity contribution in [1.29, 1.82) is 0 Å². The van der Waals surface area contributed by atoms with E-state index in [-0.39, 0.29) is 11.4 Å². The first-order valence-electron chi connectivity index (χ1n) is 6.73. The lowest BCUT2D eigenvalue weighted by molar-refractivity contribution is 0.166. The number of nitrogens with zero attached hydrogens (tertiary/aromatic N) is 1. The third-order valence-electron chi connectivity index (χ3n) is 3.56. The van der Waals surface area contributed by atoms with Crippen LogP contribution in [0.3, 0.4) is 0 Å². The third-order valence-corrected chi connectivity index (χ3v) is 3.56. The van der Waals surface area contributed by atoms with Gasteiger partial charge in [0, 0.05) is 18.6 Å². The zero-order valence-corrected chi connectivity index (χ0v) is 12.4. The van der Waals surface area contributed by atoms with Gasteiger partial charge in [0.1, 0.15) is 0 Å². The maximum atomic E-state index is 13.7. The molecule has 0 spiro atoms. The van der Waals surface area contributed by atoms with Crippen molar-refractivity contribution in [2.24, 2.45) is 5.73 Å². The summed E-state index contributed by atoms with van der Waals surface area (Å²) in [5, 5.41) is 0. The average molecular weight is 268 g/mol. The molecule has 2 N–H and O–H groups in total. The Morgan fingerprint density at radius 1 is 1.37 bits per heavy atom. The van der Waals surface area contributed by atoms with Crippen LogP contribution in [-0.4, -0.2) is 37.2 Å². The van der Waals surface area contributed by atoms with Crippen molar-refractivity contribution in [2.45, 2.75) is 32.7 Å². The zero-order valence-electron chi connectivity index (χ0n) is 12.4. The summed E-state index contributed by atoms with van der Waals surface area (Å²) in [7, 11) is 2.04. The van der Waals surface area contributed by atoms with Gasteiger partial charge in [-0.15, -0.1) is 0 Å². The maximum absolute atomic E-state index is 13.7. The lowest BCUT2D eigenvalue weighted by Crippen LogP contribution is -2.47. The van der Waals surface area contributed by atoms with Gasteiger partial charge in [0.15, 0.2) is 11.6 Å². The molecule has 0 aromatic heterocycles. The first-order chi connectivity index (χ1) is 8.90. The van der Waals surface area contributed by atoms with Gasteiger partial charge in [0.05, 0.1) is 6.61 Å². The second-order valence-corrected chi connectivity index (χ2v) is 5.39. The second kappa shape index (κ2) is 6.87. The fourth-order valence-corrected chi connectivity index (χ4v) is 1.73. The van der Waals surface area contributed by atoms with E-state index >= 15 is 0 Å². The van der Waals surface area contributed by atoms with Crippen molar-refractivity contribution in [3.8, 4) is 5.75 Å². The number of hydrogen-bond donors (Lipinski definition) is 1. The Morgan fingerprint density at radius 2 is 2.05 bits per heavy atom. The summed E-state index contributed by atoms with van der Waals surface area (Å²) in [6.07, 6.45) is 0.795. The van der Waals surface area contributed by atoms with Gasteiger partial charge in [-0.3, -0.25) is 4.90 Å². The summed E-state index contributed by atoms with van der Waals surface area (Å²) >= 11 is 0. The molecule has 3 nitrogen and oxygen atoms in total. The molecule has 0 radical (unpaired) electrons. The maximum Gasteiger partial charge on any atom is 0.165 e. The summed E-state index contributed by atoms with van der Waals surface area (Å²) in [4.78, 5) is 2.20. The van der Waals surface area contributed by atoms with Gasteiger partial charge in [-0.1, -0.05) is 6.07 Å². The molecule has 0 saturated heterocycles. The number of halogens is 1. The summed E-state index contributed by atoms with van der Waals surface area (Å²) in [5.41, 5.74) is 6.67. The molecule has 1 aromatic carbocycles. The van der Waals surface area contributed by atoms with Gasteiger partial charge in [-0.2, -0.15) is 0 Å².